The van der Waals surface area contributed by atoms with E-state index in [4.69, 9.17) is 11.6 Å². The van der Waals surface area contributed by atoms with Gasteiger partial charge in [-0.1, -0.05) is 17.7 Å². The molecule has 1 aromatic carbocycles. The van der Waals surface area contributed by atoms with E-state index in [1.54, 1.807) is 12.1 Å². The molecule has 0 saturated carbocycles. The van der Waals surface area contributed by atoms with Gasteiger partial charge in [-0.2, -0.15) is 0 Å². The zero-order chi connectivity index (χ0) is 14.0. The predicted octanol–water partition coefficient (Wildman–Crippen LogP) is 2.43. The Morgan fingerprint density at radius 1 is 1.58 bits per heavy atom. The number of anilines is 1. The fourth-order valence-corrected chi connectivity index (χ4v) is 2.95. The Labute approximate surface area is 118 Å². The zero-order valence-electron chi connectivity index (χ0n) is 11.3. The van der Waals surface area contributed by atoms with Crippen molar-refractivity contribution in [3.8, 4) is 0 Å². The number of benzene rings is 1. The highest BCUT2D eigenvalue weighted by atomic mass is 35.5. The summed E-state index contributed by atoms with van der Waals surface area (Å²) in [5, 5.41) is 9.57. The number of carbonyl (C=O) groups is 1. The highest BCUT2D eigenvalue weighted by molar-refractivity contribution is 6.34. The van der Waals surface area contributed by atoms with E-state index in [0.29, 0.717) is 16.6 Å². The SMILES string of the molecule is CN1CCC(CN(C)c2cccc(Cl)c2C(=O)O)C1. The molecule has 1 aliphatic heterocycles. The minimum absolute atomic E-state index is 0.193. The molecule has 1 aliphatic rings. The quantitative estimate of drug-likeness (QED) is 0.921. The Morgan fingerprint density at radius 3 is 2.89 bits per heavy atom. The van der Waals surface area contributed by atoms with Gasteiger partial charge in [0.25, 0.3) is 0 Å². The molecule has 0 aromatic heterocycles. The largest absolute Gasteiger partial charge is 0.478 e. The molecule has 19 heavy (non-hydrogen) atoms. The van der Waals surface area contributed by atoms with Crippen molar-refractivity contribution < 1.29 is 9.90 Å². The van der Waals surface area contributed by atoms with Crippen LogP contribution in [0.5, 0.6) is 0 Å². The minimum Gasteiger partial charge on any atom is -0.478 e. The van der Waals surface area contributed by atoms with E-state index in [0.717, 1.165) is 26.1 Å². The molecule has 1 aromatic rings. The standard InChI is InChI=1S/C14H19ClN2O2/c1-16-7-6-10(8-16)9-17(2)12-5-3-4-11(15)13(12)14(18)19/h3-5,10H,6-9H2,1-2H3,(H,18,19). The summed E-state index contributed by atoms with van der Waals surface area (Å²) in [5.74, 6) is -0.397. The molecule has 1 N–H and O–H groups in total. The van der Waals surface area contributed by atoms with Crippen LogP contribution in [0.15, 0.2) is 18.2 Å². The van der Waals surface area contributed by atoms with Gasteiger partial charge < -0.3 is 14.9 Å². The molecule has 1 heterocycles. The molecule has 0 amide bonds. The third-order valence-corrected chi connectivity index (χ3v) is 3.95. The van der Waals surface area contributed by atoms with Crippen molar-refractivity contribution in [1.82, 2.24) is 4.90 Å². The first kappa shape index (κ1) is 14.2. The number of halogens is 1. The lowest BCUT2D eigenvalue weighted by atomic mass is 10.1. The summed E-state index contributed by atoms with van der Waals surface area (Å²) in [6.07, 6.45) is 1.16. The highest BCUT2D eigenvalue weighted by Crippen LogP contribution is 2.28. The second kappa shape index (κ2) is 5.80. The number of rotatable bonds is 4. The average molecular weight is 283 g/mol. The third kappa shape index (κ3) is 3.19. The molecule has 1 unspecified atom stereocenters. The number of likely N-dealkylation sites (tertiary alicyclic amines) is 1. The first-order chi connectivity index (χ1) is 8.99. The third-order valence-electron chi connectivity index (χ3n) is 3.64. The van der Waals surface area contributed by atoms with Crippen LogP contribution in [-0.4, -0.2) is 49.7 Å². The molecular weight excluding hydrogens is 264 g/mol. The number of hydrogen-bond acceptors (Lipinski definition) is 3. The Morgan fingerprint density at radius 2 is 2.32 bits per heavy atom. The van der Waals surface area contributed by atoms with Crippen LogP contribution in [0.1, 0.15) is 16.8 Å². The maximum absolute atomic E-state index is 11.3. The van der Waals surface area contributed by atoms with Crippen LogP contribution in [0.2, 0.25) is 5.02 Å². The predicted molar refractivity (Wildman–Crippen MR) is 77.3 cm³/mol. The van der Waals surface area contributed by atoms with Gasteiger partial charge >= 0.3 is 5.97 Å². The van der Waals surface area contributed by atoms with Crippen molar-refractivity contribution in [2.24, 2.45) is 5.92 Å². The summed E-state index contributed by atoms with van der Waals surface area (Å²) in [5.41, 5.74) is 0.882. The normalized spacial score (nSPS) is 19.6. The fourth-order valence-electron chi connectivity index (χ4n) is 2.70. The number of hydrogen-bond donors (Lipinski definition) is 1. The highest BCUT2D eigenvalue weighted by Gasteiger charge is 2.23. The van der Waals surface area contributed by atoms with Crippen LogP contribution in [0.3, 0.4) is 0 Å². The second-order valence-electron chi connectivity index (χ2n) is 5.24. The van der Waals surface area contributed by atoms with Gasteiger partial charge in [0.1, 0.15) is 5.56 Å². The molecule has 1 atom stereocenters. The van der Waals surface area contributed by atoms with Gasteiger partial charge in [-0.15, -0.1) is 0 Å². The number of nitrogens with zero attached hydrogens (tertiary/aromatic N) is 2. The number of carboxylic acids is 1. The summed E-state index contributed by atoms with van der Waals surface area (Å²) >= 11 is 5.99. The summed E-state index contributed by atoms with van der Waals surface area (Å²) in [7, 11) is 4.04. The first-order valence-electron chi connectivity index (χ1n) is 6.40. The van der Waals surface area contributed by atoms with Crippen molar-refractivity contribution in [3.63, 3.8) is 0 Å². The fraction of sp³-hybridized carbons (Fsp3) is 0.500. The zero-order valence-corrected chi connectivity index (χ0v) is 12.0. The molecule has 4 nitrogen and oxygen atoms in total. The van der Waals surface area contributed by atoms with Gasteiger partial charge in [0, 0.05) is 20.1 Å². The van der Waals surface area contributed by atoms with E-state index in [2.05, 4.69) is 11.9 Å². The lowest BCUT2D eigenvalue weighted by Gasteiger charge is -2.25. The lowest BCUT2D eigenvalue weighted by Crippen LogP contribution is -2.28. The van der Waals surface area contributed by atoms with Gasteiger partial charge in [-0.3, -0.25) is 0 Å². The van der Waals surface area contributed by atoms with Gasteiger partial charge in [-0.05, 0) is 38.1 Å². The van der Waals surface area contributed by atoms with Gasteiger partial charge in [-0.25, -0.2) is 4.79 Å². The van der Waals surface area contributed by atoms with E-state index in [1.807, 2.05) is 18.0 Å². The summed E-state index contributed by atoms with van der Waals surface area (Å²) in [6, 6.07) is 5.22. The monoisotopic (exact) mass is 282 g/mol. The van der Waals surface area contributed by atoms with Gasteiger partial charge in [0.2, 0.25) is 0 Å². The number of aromatic carboxylic acids is 1. The topological polar surface area (TPSA) is 43.8 Å². The summed E-state index contributed by atoms with van der Waals surface area (Å²) < 4.78 is 0. The number of carboxylic acid groups (broad SMARTS) is 1. The minimum atomic E-state index is -0.976. The van der Waals surface area contributed by atoms with Crippen LogP contribution in [0.25, 0.3) is 0 Å². The van der Waals surface area contributed by atoms with E-state index in [9.17, 15) is 9.90 Å². The molecule has 0 bridgehead atoms. The van der Waals surface area contributed by atoms with Crippen molar-refractivity contribution in [2.45, 2.75) is 6.42 Å². The van der Waals surface area contributed by atoms with Crippen LogP contribution < -0.4 is 4.90 Å². The van der Waals surface area contributed by atoms with Gasteiger partial charge in [0.05, 0.1) is 10.7 Å². The lowest BCUT2D eigenvalue weighted by molar-refractivity contribution is 0.0697. The maximum Gasteiger partial charge on any atom is 0.339 e. The maximum atomic E-state index is 11.3. The average Bonchev–Trinajstić information content (AvgIpc) is 2.73. The Bertz CT molecular complexity index is 479. The molecule has 1 fully saturated rings. The van der Waals surface area contributed by atoms with Crippen LogP contribution in [-0.2, 0) is 0 Å². The Hall–Kier alpha value is -1.26. The molecule has 0 spiro atoms. The van der Waals surface area contributed by atoms with E-state index < -0.39 is 5.97 Å². The van der Waals surface area contributed by atoms with E-state index in [-0.39, 0.29) is 5.56 Å². The molecule has 0 radical (unpaired) electrons. The molecule has 1 saturated heterocycles. The smallest absolute Gasteiger partial charge is 0.339 e. The Kier molecular flexibility index (Phi) is 4.32. The van der Waals surface area contributed by atoms with Crippen molar-refractivity contribution in [2.75, 3.05) is 38.6 Å². The first-order valence-corrected chi connectivity index (χ1v) is 6.78. The molecule has 0 aliphatic carbocycles. The molecule has 104 valence electrons. The molecular formula is C14H19ClN2O2. The Balaban J connectivity index is 2.17. The van der Waals surface area contributed by atoms with Crippen molar-refractivity contribution in [3.05, 3.63) is 28.8 Å². The van der Waals surface area contributed by atoms with Crippen LogP contribution in [0.4, 0.5) is 5.69 Å². The van der Waals surface area contributed by atoms with Crippen molar-refractivity contribution in [1.29, 1.82) is 0 Å². The van der Waals surface area contributed by atoms with E-state index >= 15 is 0 Å². The van der Waals surface area contributed by atoms with Crippen molar-refractivity contribution >= 4 is 23.3 Å². The summed E-state index contributed by atoms with van der Waals surface area (Å²) in [6.45, 7) is 3.03. The summed E-state index contributed by atoms with van der Waals surface area (Å²) in [4.78, 5) is 15.6. The van der Waals surface area contributed by atoms with Crippen LogP contribution in [0, 0.1) is 5.92 Å². The molecule has 5 heteroatoms. The van der Waals surface area contributed by atoms with E-state index in [1.165, 1.54) is 0 Å². The second-order valence-corrected chi connectivity index (χ2v) is 5.64. The van der Waals surface area contributed by atoms with Crippen LogP contribution >= 0.6 is 11.6 Å². The molecule has 2 rings (SSSR count). The van der Waals surface area contributed by atoms with Gasteiger partial charge in [0.15, 0.2) is 0 Å².